The molecule has 1 unspecified atom stereocenters. The summed E-state index contributed by atoms with van der Waals surface area (Å²) in [5.41, 5.74) is 3.66. The maximum Gasteiger partial charge on any atom is 0.338 e. The van der Waals surface area contributed by atoms with Crippen molar-refractivity contribution in [3.05, 3.63) is 65.2 Å². The molecular weight excluding hydrogens is 384 g/mol. The van der Waals surface area contributed by atoms with Crippen molar-refractivity contribution in [2.45, 2.75) is 44.8 Å². The van der Waals surface area contributed by atoms with Crippen molar-refractivity contribution in [2.75, 3.05) is 6.61 Å². The zero-order valence-corrected chi connectivity index (χ0v) is 17.6. The monoisotopic (exact) mass is 410 g/mol. The number of hydrogen-bond acceptors (Lipinski definition) is 5. The van der Waals surface area contributed by atoms with Crippen molar-refractivity contribution in [2.24, 2.45) is 4.99 Å². The van der Waals surface area contributed by atoms with Gasteiger partial charge in [0.1, 0.15) is 0 Å². The van der Waals surface area contributed by atoms with Crippen LogP contribution >= 0.6 is 11.8 Å². The van der Waals surface area contributed by atoms with E-state index in [0.29, 0.717) is 23.8 Å². The van der Waals surface area contributed by atoms with Crippen LogP contribution in [0, 0.1) is 0 Å². The number of nitrogens with one attached hydrogen (secondary N) is 1. The predicted molar refractivity (Wildman–Crippen MR) is 118 cm³/mol. The second-order valence-electron chi connectivity index (χ2n) is 6.90. The lowest BCUT2D eigenvalue weighted by Crippen LogP contribution is -2.25. The molecule has 1 amide bonds. The normalized spacial score (nSPS) is 17.4. The van der Waals surface area contributed by atoms with E-state index in [-0.39, 0.29) is 17.1 Å². The summed E-state index contributed by atoms with van der Waals surface area (Å²) in [6, 6.07) is 15.4. The van der Waals surface area contributed by atoms with Gasteiger partial charge in [0.15, 0.2) is 5.17 Å². The Labute approximate surface area is 176 Å². The fourth-order valence-corrected chi connectivity index (χ4v) is 4.06. The van der Waals surface area contributed by atoms with Gasteiger partial charge >= 0.3 is 5.97 Å². The molecule has 6 heteroatoms. The molecule has 1 heterocycles. The third-order valence-electron chi connectivity index (χ3n) is 4.65. The number of amides is 1. The first kappa shape index (κ1) is 21.1. The first-order valence-corrected chi connectivity index (χ1v) is 10.9. The topological polar surface area (TPSA) is 67.8 Å². The molecule has 1 N–H and O–H groups in total. The van der Waals surface area contributed by atoms with E-state index in [4.69, 9.17) is 4.74 Å². The number of hydrogen-bond donors (Lipinski definition) is 1. The van der Waals surface area contributed by atoms with Gasteiger partial charge < -0.3 is 10.1 Å². The Balaban J connectivity index is 1.60. The van der Waals surface area contributed by atoms with Gasteiger partial charge in [-0.2, -0.15) is 0 Å². The quantitative estimate of drug-likeness (QED) is 0.642. The minimum Gasteiger partial charge on any atom is -0.462 e. The molecule has 2 aromatic rings. The number of nitrogens with zero attached hydrogens (tertiary/aromatic N) is 1. The summed E-state index contributed by atoms with van der Waals surface area (Å²) in [5, 5.41) is 3.27. The molecule has 1 fully saturated rings. The Hall–Kier alpha value is -2.60. The molecule has 0 saturated carbocycles. The van der Waals surface area contributed by atoms with Crippen molar-refractivity contribution in [1.82, 2.24) is 5.32 Å². The van der Waals surface area contributed by atoms with Crippen molar-refractivity contribution in [1.29, 1.82) is 0 Å². The summed E-state index contributed by atoms with van der Waals surface area (Å²) in [6.45, 7) is 4.32. The molecule has 3 rings (SSSR count). The third-order valence-corrected chi connectivity index (χ3v) is 5.73. The maximum absolute atomic E-state index is 12.3. The number of aryl methyl sites for hydroxylation is 1. The molecule has 0 aromatic heterocycles. The van der Waals surface area contributed by atoms with Crippen molar-refractivity contribution >= 4 is 34.5 Å². The Morgan fingerprint density at radius 3 is 2.41 bits per heavy atom. The number of aliphatic imine (C=N–C) groups is 1. The highest BCUT2D eigenvalue weighted by Gasteiger charge is 2.30. The van der Waals surface area contributed by atoms with E-state index in [1.807, 2.05) is 24.3 Å². The highest BCUT2D eigenvalue weighted by Crippen LogP contribution is 2.26. The van der Waals surface area contributed by atoms with Gasteiger partial charge in [-0.1, -0.05) is 49.4 Å². The lowest BCUT2D eigenvalue weighted by molar-refractivity contribution is -0.118. The molecule has 0 aliphatic carbocycles. The van der Waals surface area contributed by atoms with E-state index in [9.17, 15) is 9.59 Å². The molecule has 2 aromatic carbocycles. The van der Waals surface area contributed by atoms with Crippen LogP contribution < -0.4 is 5.32 Å². The minimum absolute atomic E-state index is 0.0391. The number of ether oxygens (including phenoxy) is 1. The van der Waals surface area contributed by atoms with Gasteiger partial charge in [0.25, 0.3) is 0 Å². The second kappa shape index (κ2) is 10.3. The van der Waals surface area contributed by atoms with Crippen LogP contribution in [0.2, 0.25) is 0 Å². The largest absolute Gasteiger partial charge is 0.462 e. The van der Waals surface area contributed by atoms with Gasteiger partial charge in [0.2, 0.25) is 5.91 Å². The Bertz CT molecular complexity index is 876. The average Bonchev–Trinajstić information content (AvgIpc) is 3.07. The summed E-state index contributed by atoms with van der Waals surface area (Å²) >= 11 is 1.44. The van der Waals surface area contributed by atoms with Crippen LogP contribution in [0.15, 0.2) is 53.5 Å². The Morgan fingerprint density at radius 2 is 1.76 bits per heavy atom. The van der Waals surface area contributed by atoms with Gasteiger partial charge in [-0.3, -0.25) is 4.79 Å². The molecule has 1 aliphatic rings. The van der Waals surface area contributed by atoms with Gasteiger partial charge in [-0.15, -0.1) is 0 Å². The van der Waals surface area contributed by atoms with E-state index in [0.717, 1.165) is 17.7 Å². The fourth-order valence-electron chi connectivity index (χ4n) is 3.03. The van der Waals surface area contributed by atoms with E-state index in [1.165, 1.54) is 30.2 Å². The fraction of sp³-hybridized carbons (Fsp3) is 0.348. The molecule has 1 atom stereocenters. The van der Waals surface area contributed by atoms with Crippen LogP contribution in [0.5, 0.6) is 0 Å². The molecule has 1 saturated heterocycles. The maximum atomic E-state index is 12.3. The van der Waals surface area contributed by atoms with Crippen molar-refractivity contribution in [3.8, 4) is 0 Å². The van der Waals surface area contributed by atoms with Crippen LogP contribution in [-0.4, -0.2) is 28.9 Å². The zero-order chi connectivity index (χ0) is 20.6. The van der Waals surface area contributed by atoms with Crippen LogP contribution in [-0.2, 0) is 22.4 Å². The van der Waals surface area contributed by atoms with Crippen LogP contribution in [0.3, 0.4) is 0 Å². The minimum atomic E-state index is -0.331. The van der Waals surface area contributed by atoms with Crippen LogP contribution in [0.1, 0.15) is 48.2 Å². The number of rotatable bonds is 8. The van der Waals surface area contributed by atoms with Gasteiger partial charge in [0, 0.05) is 0 Å². The summed E-state index contributed by atoms with van der Waals surface area (Å²) in [6.07, 6.45) is 4.02. The number of benzene rings is 2. The molecule has 1 aliphatic heterocycles. The lowest BCUT2D eigenvalue weighted by atomic mass is 10.1. The summed E-state index contributed by atoms with van der Waals surface area (Å²) in [4.78, 5) is 28.6. The standard InChI is InChI=1S/C23H26N2O3S/c1-3-5-6-16-9-13-19(14-10-16)24-23-25-21(26)20(29-23)15-17-7-11-18(12-8-17)22(27)28-4-2/h7-14,20H,3-6,15H2,1-2H3,(H,24,25,26). The van der Waals surface area contributed by atoms with E-state index in [2.05, 4.69) is 29.4 Å². The first-order valence-electron chi connectivity index (χ1n) is 10.00. The van der Waals surface area contributed by atoms with Gasteiger partial charge in [-0.25, -0.2) is 9.79 Å². The molecular formula is C23H26N2O3S. The number of carbonyl (C=O) groups excluding carboxylic acids is 2. The number of esters is 1. The highest BCUT2D eigenvalue weighted by molar-refractivity contribution is 8.15. The van der Waals surface area contributed by atoms with Gasteiger partial charge in [-0.05, 0) is 61.6 Å². The second-order valence-corrected chi connectivity index (χ2v) is 8.10. The van der Waals surface area contributed by atoms with Crippen LogP contribution in [0.25, 0.3) is 0 Å². The molecule has 0 radical (unpaired) electrons. The first-order chi connectivity index (χ1) is 14.1. The molecule has 0 bridgehead atoms. The van der Waals surface area contributed by atoms with E-state index in [1.54, 1.807) is 19.1 Å². The molecule has 0 spiro atoms. The van der Waals surface area contributed by atoms with Crippen molar-refractivity contribution in [3.63, 3.8) is 0 Å². The predicted octanol–water partition coefficient (Wildman–Crippen LogP) is 4.67. The SMILES string of the molecule is CCCCc1ccc(N=C2NC(=O)C(Cc3ccc(C(=O)OCC)cc3)S2)cc1. The zero-order valence-electron chi connectivity index (χ0n) is 16.8. The summed E-state index contributed by atoms with van der Waals surface area (Å²) in [5.74, 6) is -0.370. The number of unbranched alkanes of at least 4 members (excludes halogenated alkanes) is 1. The lowest BCUT2D eigenvalue weighted by Gasteiger charge is -2.07. The Kier molecular flexibility index (Phi) is 7.47. The number of carbonyl (C=O) groups is 2. The van der Waals surface area contributed by atoms with E-state index >= 15 is 0 Å². The molecule has 5 nitrogen and oxygen atoms in total. The Morgan fingerprint density at radius 1 is 1.07 bits per heavy atom. The summed E-state index contributed by atoms with van der Waals surface area (Å²) in [7, 11) is 0. The molecule has 152 valence electrons. The highest BCUT2D eigenvalue weighted by atomic mass is 32.2. The molecule has 29 heavy (non-hydrogen) atoms. The number of amidine groups is 1. The number of thioether (sulfide) groups is 1. The third kappa shape index (κ3) is 5.94. The van der Waals surface area contributed by atoms with E-state index < -0.39 is 0 Å². The average molecular weight is 411 g/mol. The van der Waals surface area contributed by atoms with Crippen LogP contribution in [0.4, 0.5) is 5.69 Å². The van der Waals surface area contributed by atoms with Gasteiger partial charge in [0.05, 0.1) is 23.1 Å². The summed E-state index contributed by atoms with van der Waals surface area (Å²) < 4.78 is 4.99. The smallest absolute Gasteiger partial charge is 0.338 e. The van der Waals surface area contributed by atoms with Crippen molar-refractivity contribution < 1.29 is 14.3 Å².